The number of thiophene rings is 1. The van der Waals surface area contributed by atoms with Crippen molar-refractivity contribution in [3.05, 3.63) is 22.4 Å². The van der Waals surface area contributed by atoms with Crippen molar-refractivity contribution in [1.82, 2.24) is 10.2 Å². The summed E-state index contributed by atoms with van der Waals surface area (Å²) in [6, 6.07) is 5.20. The fourth-order valence-electron chi connectivity index (χ4n) is 2.93. The molecule has 2 rings (SSSR count). The predicted molar refractivity (Wildman–Crippen MR) is 85.0 cm³/mol. The van der Waals surface area contributed by atoms with E-state index in [9.17, 15) is 0 Å². The van der Waals surface area contributed by atoms with E-state index < -0.39 is 0 Å². The molecule has 1 N–H and O–H groups in total. The molecule has 0 bridgehead atoms. The van der Waals surface area contributed by atoms with Crippen LogP contribution in [0, 0.1) is 0 Å². The fraction of sp³-hybridized carbons (Fsp3) is 0.750. The quantitative estimate of drug-likeness (QED) is 0.607. The standard InChI is InChI=1S/C16H28N2S/c1-18(15-7-4-2-3-5-8-15)13-12-17-11-10-16-9-6-14-19-16/h6,9,14-15,17H,2-5,7-8,10-13H2,1H3. The molecule has 0 unspecified atom stereocenters. The van der Waals surface area contributed by atoms with E-state index in [1.54, 1.807) is 0 Å². The van der Waals surface area contributed by atoms with Crippen molar-refractivity contribution in [2.75, 3.05) is 26.7 Å². The van der Waals surface area contributed by atoms with Gasteiger partial charge in [-0.25, -0.2) is 0 Å². The van der Waals surface area contributed by atoms with Crippen LogP contribution in [0.25, 0.3) is 0 Å². The minimum Gasteiger partial charge on any atom is -0.315 e. The van der Waals surface area contributed by atoms with Crippen LogP contribution in [-0.2, 0) is 6.42 Å². The maximum atomic E-state index is 3.57. The molecule has 0 atom stereocenters. The number of nitrogens with zero attached hydrogens (tertiary/aromatic N) is 1. The van der Waals surface area contributed by atoms with Crippen LogP contribution in [0.4, 0.5) is 0 Å². The van der Waals surface area contributed by atoms with E-state index in [-0.39, 0.29) is 0 Å². The first-order valence-corrected chi connectivity index (χ1v) is 8.67. The highest BCUT2D eigenvalue weighted by molar-refractivity contribution is 7.09. The van der Waals surface area contributed by atoms with Crippen molar-refractivity contribution in [3.63, 3.8) is 0 Å². The maximum Gasteiger partial charge on any atom is 0.0107 e. The van der Waals surface area contributed by atoms with Crippen LogP contribution >= 0.6 is 11.3 Å². The third-order valence-electron chi connectivity index (χ3n) is 4.22. The van der Waals surface area contributed by atoms with Gasteiger partial charge in [0.15, 0.2) is 0 Å². The summed E-state index contributed by atoms with van der Waals surface area (Å²) in [5.41, 5.74) is 0. The zero-order chi connectivity index (χ0) is 13.3. The first-order valence-electron chi connectivity index (χ1n) is 7.79. The van der Waals surface area contributed by atoms with E-state index in [0.29, 0.717) is 0 Å². The summed E-state index contributed by atoms with van der Waals surface area (Å²) in [6.07, 6.45) is 9.75. The Morgan fingerprint density at radius 3 is 2.68 bits per heavy atom. The lowest BCUT2D eigenvalue weighted by Crippen LogP contribution is -2.37. The summed E-state index contributed by atoms with van der Waals surface area (Å²) in [6.45, 7) is 3.42. The van der Waals surface area contributed by atoms with E-state index in [2.05, 4.69) is 34.8 Å². The molecule has 0 radical (unpaired) electrons. The van der Waals surface area contributed by atoms with Gasteiger partial charge in [0, 0.05) is 30.6 Å². The fourth-order valence-corrected chi connectivity index (χ4v) is 3.64. The van der Waals surface area contributed by atoms with Crippen molar-refractivity contribution < 1.29 is 0 Å². The molecule has 1 aromatic rings. The molecule has 1 aromatic heterocycles. The number of likely N-dealkylation sites (N-methyl/N-ethyl adjacent to an activating group) is 1. The molecule has 19 heavy (non-hydrogen) atoms. The van der Waals surface area contributed by atoms with E-state index in [4.69, 9.17) is 0 Å². The van der Waals surface area contributed by atoms with Crippen LogP contribution in [0.2, 0.25) is 0 Å². The number of rotatable bonds is 7. The summed E-state index contributed by atoms with van der Waals surface area (Å²) in [5, 5.41) is 5.74. The Balaban J connectivity index is 1.54. The Labute approximate surface area is 122 Å². The molecular formula is C16H28N2S. The summed E-state index contributed by atoms with van der Waals surface area (Å²) < 4.78 is 0. The SMILES string of the molecule is CN(CCNCCc1cccs1)C1CCCCCC1. The summed E-state index contributed by atoms with van der Waals surface area (Å²) in [7, 11) is 2.30. The lowest BCUT2D eigenvalue weighted by molar-refractivity contribution is 0.221. The average Bonchev–Trinajstić information content (AvgIpc) is 2.78. The van der Waals surface area contributed by atoms with Gasteiger partial charge in [-0.1, -0.05) is 31.7 Å². The van der Waals surface area contributed by atoms with Crippen molar-refractivity contribution in [2.45, 2.75) is 51.0 Å². The molecule has 0 spiro atoms. The van der Waals surface area contributed by atoms with Crippen molar-refractivity contribution in [2.24, 2.45) is 0 Å². The second-order valence-corrected chi connectivity index (χ2v) is 6.74. The number of nitrogens with one attached hydrogen (secondary N) is 1. The Morgan fingerprint density at radius 1 is 1.21 bits per heavy atom. The summed E-state index contributed by atoms with van der Waals surface area (Å²) >= 11 is 1.86. The number of hydrogen-bond donors (Lipinski definition) is 1. The van der Waals surface area contributed by atoms with Crippen LogP contribution in [-0.4, -0.2) is 37.6 Å². The third kappa shape index (κ3) is 5.64. The molecule has 0 aromatic carbocycles. The molecule has 2 nitrogen and oxygen atoms in total. The Bertz CT molecular complexity index is 315. The second kappa shape index (κ2) is 8.72. The zero-order valence-electron chi connectivity index (χ0n) is 12.2. The zero-order valence-corrected chi connectivity index (χ0v) is 13.1. The average molecular weight is 280 g/mol. The highest BCUT2D eigenvalue weighted by Crippen LogP contribution is 2.20. The van der Waals surface area contributed by atoms with Gasteiger partial charge in [-0.15, -0.1) is 11.3 Å². The predicted octanol–water partition coefficient (Wildman–Crippen LogP) is 3.53. The molecule has 108 valence electrons. The number of hydrogen-bond acceptors (Lipinski definition) is 3. The van der Waals surface area contributed by atoms with Gasteiger partial charge in [0.25, 0.3) is 0 Å². The minimum absolute atomic E-state index is 0.835. The first kappa shape index (κ1) is 15.0. The van der Waals surface area contributed by atoms with Gasteiger partial charge >= 0.3 is 0 Å². The van der Waals surface area contributed by atoms with E-state index in [0.717, 1.165) is 19.1 Å². The van der Waals surface area contributed by atoms with Gasteiger partial charge in [-0.05, 0) is 37.8 Å². The van der Waals surface area contributed by atoms with Gasteiger partial charge in [0.05, 0.1) is 0 Å². The van der Waals surface area contributed by atoms with Crippen molar-refractivity contribution in [3.8, 4) is 0 Å². The molecule has 1 aliphatic carbocycles. The molecule has 0 aliphatic heterocycles. The normalized spacial score (nSPS) is 17.8. The topological polar surface area (TPSA) is 15.3 Å². The molecule has 1 saturated carbocycles. The van der Waals surface area contributed by atoms with Crippen LogP contribution in [0.3, 0.4) is 0 Å². The van der Waals surface area contributed by atoms with Gasteiger partial charge in [0.2, 0.25) is 0 Å². The molecule has 0 amide bonds. The third-order valence-corrected chi connectivity index (χ3v) is 5.15. The van der Waals surface area contributed by atoms with E-state index >= 15 is 0 Å². The minimum atomic E-state index is 0.835. The highest BCUT2D eigenvalue weighted by Gasteiger charge is 2.15. The van der Waals surface area contributed by atoms with E-state index in [1.165, 1.54) is 56.4 Å². The van der Waals surface area contributed by atoms with Crippen molar-refractivity contribution >= 4 is 11.3 Å². The molecule has 1 heterocycles. The van der Waals surface area contributed by atoms with Crippen LogP contribution < -0.4 is 5.32 Å². The lowest BCUT2D eigenvalue weighted by Gasteiger charge is -2.27. The van der Waals surface area contributed by atoms with Gasteiger partial charge in [0.1, 0.15) is 0 Å². The molecular weight excluding hydrogens is 252 g/mol. The summed E-state index contributed by atoms with van der Waals surface area (Å²) in [4.78, 5) is 4.06. The largest absolute Gasteiger partial charge is 0.315 e. The Hall–Kier alpha value is -0.380. The summed E-state index contributed by atoms with van der Waals surface area (Å²) in [5.74, 6) is 0. The monoisotopic (exact) mass is 280 g/mol. The molecule has 0 saturated heterocycles. The maximum absolute atomic E-state index is 3.57. The van der Waals surface area contributed by atoms with Gasteiger partial charge < -0.3 is 10.2 Å². The molecule has 3 heteroatoms. The van der Waals surface area contributed by atoms with Crippen molar-refractivity contribution in [1.29, 1.82) is 0 Å². The lowest BCUT2D eigenvalue weighted by atomic mass is 10.1. The second-order valence-electron chi connectivity index (χ2n) is 5.71. The smallest absolute Gasteiger partial charge is 0.0107 e. The van der Waals surface area contributed by atoms with Crippen LogP contribution in [0.15, 0.2) is 17.5 Å². The van der Waals surface area contributed by atoms with Crippen LogP contribution in [0.5, 0.6) is 0 Å². The van der Waals surface area contributed by atoms with Gasteiger partial charge in [-0.2, -0.15) is 0 Å². The van der Waals surface area contributed by atoms with Crippen LogP contribution in [0.1, 0.15) is 43.4 Å². The van der Waals surface area contributed by atoms with Gasteiger partial charge in [-0.3, -0.25) is 0 Å². The highest BCUT2D eigenvalue weighted by atomic mass is 32.1. The Kier molecular flexibility index (Phi) is 6.90. The molecule has 1 fully saturated rings. The van der Waals surface area contributed by atoms with E-state index in [1.807, 2.05) is 11.3 Å². The first-order chi connectivity index (χ1) is 9.36. The Morgan fingerprint density at radius 2 is 2.00 bits per heavy atom. The molecule has 1 aliphatic rings.